The first kappa shape index (κ1) is 17.8. The van der Waals surface area contributed by atoms with E-state index in [1.807, 2.05) is 0 Å². The van der Waals surface area contributed by atoms with E-state index in [1.165, 1.54) is 19.2 Å². The molecule has 2 amide bonds. The number of amides is 2. The van der Waals surface area contributed by atoms with Crippen LogP contribution in [-0.4, -0.2) is 40.9 Å². The Kier molecular flexibility index (Phi) is 5.43. The third-order valence-electron chi connectivity index (χ3n) is 4.13. The van der Waals surface area contributed by atoms with Crippen molar-refractivity contribution in [2.24, 2.45) is 7.05 Å². The highest BCUT2D eigenvalue weighted by Gasteiger charge is 2.19. The summed E-state index contributed by atoms with van der Waals surface area (Å²) in [6, 6.07) is 9.33. The van der Waals surface area contributed by atoms with Gasteiger partial charge < -0.3 is 15.4 Å². The number of aryl methyl sites for hydroxylation is 1. The number of carbonyl (C=O) groups excluding carboxylic acids is 2. The lowest BCUT2D eigenvalue weighted by atomic mass is 10.1. The molecule has 1 saturated heterocycles. The molecule has 1 aromatic carbocycles. The highest BCUT2D eigenvalue weighted by atomic mass is 16.5. The summed E-state index contributed by atoms with van der Waals surface area (Å²) in [5.74, 6) is -0.787. The van der Waals surface area contributed by atoms with E-state index in [0.29, 0.717) is 17.8 Å². The van der Waals surface area contributed by atoms with Gasteiger partial charge in [0.1, 0.15) is 5.69 Å². The minimum Gasteiger partial charge on any atom is -0.376 e. The molecular weight excluding hydrogens is 336 g/mol. The highest BCUT2D eigenvalue weighted by molar-refractivity contribution is 6.08. The number of benzene rings is 1. The van der Waals surface area contributed by atoms with Gasteiger partial charge in [0.2, 0.25) is 0 Å². The van der Waals surface area contributed by atoms with Crippen LogP contribution in [-0.2, 0) is 11.8 Å². The summed E-state index contributed by atoms with van der Waals surface area (Å²) in [5, 5.41) is 9.42. The van der Waals surface area contributed by atoms with Gasteiger partial charge in [0.15, 0.2) is 0 Å². The second-order valence-corrected chi connectivity index (χ2v) is 6.03. The Balaban J connectivity index is 1.71. The lowest BCUT2D eigenvalue weighted by Crippen LogP contribution is -2.32. The van der Waals surface area contributed by atoms with Gasteiger partial charge in [-0.1, -0.05) is 12.1 Å². The van der Waals surface area contributed by atoms with Gasteiger partial charge in [-0.15, -0.1) is 0 Å². The Morgan fingerprint density at radius 2 is 2.04 bits per heavy atom. The Morgan fingerprint density at radius 1 is 1.23 bits per heavy atom. The first-order valence-corrected chi connectivity index (χ1v) is 8.39. The highest BCUT2D eigenvalue weighted by Crippen LogP contribution is 2.16. The van der Waals surface area contributed by atoms with E-state index in [9.17, 15) is 14.4 Å². The van der Waals surface area contributed by atoms with E-state index >= 15 is 0 Å². The lowest BCUT2D eigenvalue weighted by molar-refractivity contribution is 0.0858. The summed E-state index contributed by atoms with van der Waals surface area (Å²) >= 11 is 0. The molecule has 8 nitrogen and oxygen atoms in total. The number of ether oxygens (including phenoxy) is 1. The zero-order valence-corrected chi connectivity index (χ0v) is 14.4. The molecule has 2 N–H and O–H groups in total. The van der Waals surface area contributed by atoms with Gasteiger partial charge in [0, 0.05) is 26.3 Å². The van der Waals surface area contributed by atoms with E-state index in [-0.39, 0.29) is 23.3 Å². The number of nitrogens with zero attached hydrogens (tertiary/aromatic N) is 2. The van der Waals surface area contributed by atoms with Crippen molar-refractivity contribution >= 4 is 17.5 Å². The molecule has 8 heteroatoms. The van der Waals surface area contributed by atoms with E-state index < -0.39 is 5.91 Å². The van der Waals surface area contributed by atoms with Crippen LogP contribution in [0.25, 0.3) is 0 Å². The minimum absolute atomic E-state index is 0.0375. The zero-order valence-electron chi connectivity index (χ0n) is 14.4. The summed E-state index contributed by atoms with van der Waals surface area (Å²) in [5.41, 5.74) is 0.499. The predicted molar refractivity (Wildman–Crippen MR) is 95.2 cm³/mol. The zero-order chi connectivity index (χ0) is 18.5. The van der Waals surface area contributed by atoms with Crippen molar-refractivity contribution in [3.8, 4) is 0 Å². The maximum atomic E-state index is 12.5. The first-order valence-electron chi connectivity index (χ1n) is 8.39. The van der Waals surface area contributed by atoms with Crippen LogP contribution in [0.15, 0.2) is 41.2 Å². The molecule has 136 valence electrons. The maximum absolute atomic E-state index is 12.5. The quantitative estimate of drug-likeness (QED) is 0.830. The molecule has 1 aromatic heterocycles. The standard InChI is InChI=1S/C18H20N4O4/c1-22-16(23)9-8-15(21-22)18(25)20-14-7-3-2-6-13(14)17(24)19-11-12-5-4-10-26-12/h2-3,6-9,12H,4-5,10-11H2,1H3,(H,19,24)(H,20,25). The number of aromatic nitrogens is 2. The number of para-hydroxylation sites is 1. The molecule has 0 spiro atoms. The molecule has 1 aliphatic rings. The number of hydrogen-bond acceptors (Lipinski definition) is 5. The molecule has 0 aliphatic carbocycles. The second-order valence-electron chi connectivity index (χ2n) is 6.03. The molecule has 2 heterocycles. The smallest absolute Gasteiger partial charge is 0.276 e. The molecule has 2 aromatic rings. The lowest BCUT2D eigenvalue weighted by Gasteiger charge is -2.13. The SMILES string of the molecule is Cn1nc(C(=O)Nc2ccccc2C(=O)NCC2CCCO2)ccc1=O. The van der Waals surface area contributed by atoms with Gasteiger partial charge in [-0.2, -0.15) is 5.10 Å². The van der Waals surface area contributed by atoms with Crippen LogP contribution in [0.4, 0.5) is 5.69 Å². The molecular formula is C18H20N4O4. The van der Waals surface area contributed by atoms with Crippen LogP contribution < -0.4 is 16.2 Å². The number of anilines is 1. The number of rotatable bonds is 5. The molecule has 26 heavy (non-hydrogen) atoms. The fourth-order valence-electron chi connectivity index (χ4n) is 2.71. The van der Waals surface area contributed by atoms with E-state index in [1.54, 1.807) is 24.3 Å². The molecule has 1 atom stereocenters. The number of nitrogens with one attached hydrogen (secondary N) is 2. The molecule has 1 aliphatic heterocycles. The van der Waals surface area contributed by atoms with Gasteiger partial charge in [0.25, 0.3) is 17.4 Å². The fraction of sp³-hybridized carbons (Fsp3) is 0.333. The van der Waals surface area contributed by atoms with Crippen LogP contribution in [0.3, 0.4) is 0 Å². The van der Waals surface area contributed by atoms with Crippen molar-refractivity contribution in [1.29, 1.82) is 0 Å². The molecule has 3 rings (SSSR count). The Labute approximate surface area is 150 Å². The Hall–Kier alpha value is -3.00. The third kappa shape index (κ3) is 4.15. The molecule has 1 unspecified atom stereocenters. The van der Waals surface area contributed by atoms with Crippen LogP contribution >= 0.6 is 0 Å². The molecule has 1 fully saturated rings. The summed E-state index contributed by atoms with van der Waals surface area (Å²) < 4.78 is 6.57. The molecule has 0 bridgehead atoms. The van der Waals surface area contributed by atoms with Crippen molar-refractivity contribution in [3.63, 3.8) is 0 Å². The van der Waals surface area contributed by atoms with Crippen molar-refractivity contribution in [2.45, 2.75) is 18.9 Å². The largest absolute Gasteiger partial charge is 0.376 e. The van der Waals surface area contributed by atoms with Crippen LogP contribution in [0, 0.1) is 0 Å². The van der Waals surface area contributed by atoms with Crippen LogP contribution in [0.2, 0.25) is 0 Å². The Bertz CT molecular complexity index is 871. The average molecular weight is 356 g/mol. The second kappa shape index (κ2) is 7.92. The van der Waals surface area contributed by atoms with E-state index in [4.69, 9.17) is 4.74 Å². The normalized spacial score (nSPS) is 16.3. The van der Waals surface area contributed by atoms with E-state index in [2.05, 4.69) is 15.7 Å². The summed E-state index contributed by atoms with van der Waals surface area (Å²) in [6.45, 7) is 1.16. The van der Waals surface area contributed by atoms with Crippen molar-refractivity contribution < 1.29 is 14.3 Å². The van der Waals surface area contributed by atoms with Crippen molar-refractivity contribution in [3.05, 3.63) is 58.0 Å². The van der Waals surface area contributed by atoms with Gasteiger partial charge in [-0.25, -0.2) is 4.68 Å². The summed E-state index contributed by atoms with van der Waals surface area (Å²) in [6.07, 6.45) is 1.96. The van der Waals surface area contributed by atoms with Crippen LogP contribution in [0.5, 0.6) is 0 Å². The van der Waals surface area contributed by atoms with Gasteiger partial charge in [0.05, 0.1) is 17.4 Å². The van der Waals surface area contributed by atoms with Crippen molar-refractivity contribution in [1.82, 2.24) is 15.1 Å². The van der Waals surface area contributed by atoms with Crippen LogP contribution in [0.1, 0.15) is 33.7 Å². The number of hydrogen-bond donors (Lipinski definition) is 2. The predicted octanol–water partition coefficient (Wildman–Crippen LogP) is 0.941. The fourth-order valence-corrected chi connectivity index (χ4v) is 2.71. The molecule has 0 saturated carbocycles. The van der Waals surface area contributed by atoms with Gasteiger partial charge in [-0.3, -0.25) is 14.4 Å². The monoisotopic (exact) mass is 356 g/mol. The number of carbonyl (C=O) groups is 2. The molecule has 0 radical (unpaired) electrons. The minimum atomic E-state index is -0.500. The van der Waals surface area contributed by atoms with E-state index in [0.717, 1.165) is 24.1 Å². The van der Waals surface area contributed by atoms with Gasteiger partial charge in [-0.05, 0) is 31.0 Å². The Morgan fingerprint density at radius 3 is 2.77 bits per heavy atom. The summed E-state index contributed by atoms with van der Waals surface area (Å²) in [4.78, 5) is 36.2. The average Bonchev–Trinajstić information content (AvgIpc) is 3.16. The third-order valence-corrected chi connectivity index (χ3v) is 4.13. The first-order chi connectivity index (χ1) is 12.5. The summed E-state index contributed by atoms with van der Waals surface area (Å²) in [7, 11) is 1.46. The topological polar surface area (TPSA) is 102 Å². The van der Waals surface area contributed by atoms with Gasteiger partial charge >= 0.3 is 0 Å². The van der Waals surface area contributed by atoms with Crippen molar-refractivity contribution in [2.75, 3.05) is 18.5 Å². The maximum Gasteiger partial charge on any atom is 0.276 e.